The first-order valence-corrected chi connectivity index (χ1v) is 8.83. The lowest BCUT2D eigenvalue weighted by Gasteiger charge is -2.45. The van der Waals surface area contributed by atoms with Crippen molar-refractivity contribution in [1.82, 2.24) is 9.88 Å². The third kappa shape index (κ3) is 3.32. The number of hydrogen-bond donors (Lipinski definition) is 0. The van der Waals surface area contributed by atoms with Crippen molar-refractivity contribution in [3.63, 3.8) is 0 Å². The second-order valence-electron chi connectivity index (χ2n) is 6.85. The number of benzene rings is 1. The van der Waals surface area contributed by atoms with Crippen molar-refractivity contribution in [1.29, 1.82) is 0 Å². The van der Waals surface area contributed by atoms with Crippen molar-refractivity contribution < 1.29 is 9.47 Å². The van der Waals surface area contributed by atoms with Crippen molar-refractivity contribution in [2.24, 2.45) is 0 Å². The fourth-order valence-corrected chi connectivity index (χ4v) is 3.88. The summed E-state index contributed by atoms with van der Waals surface area (Å²) in [5.41, 5.74) is 5.19. The molecule has 1 aromatic heterocycles. The van der Waals surface area contributed by atoms with Crippen LogP contribution in [0.5, 0.6) is 5.88 Å². The molecule has 0 saturated carbocycles. The SMILES string of the molecule is COc1cc(C)c(C2=CC3COCC(C2)N3Cc2ccccc2)cn1. The highest BCUT2D eigenvalue weighted by Crippen LogP contribution is 2.35. The van der Waals surface area contributed by atoms with E-state index in [4.69, 9.17) is 9.47 Å². The number of morpholine rings is 1. The van der Waals surface area contributed by atoms with Crippen molar-refractivity contribution in [2.75, 3.05) is 20.3 Å². The molecule has 0 amide bonds. The minimum Gasteiger partial charge on any atom is -0.481 e. The molecule has 2 bridgehead atoms. The number of ether oxygens (including phenoxy) is 2. The van der Waals surface area contributed by atoms with E-state index < -0.39 is 0 Å². The van der Waals surface area contributed by atoms with Crippen LogP contribution >= 0.6 is 0 Å². The molecule has 0 radical (unpaired) electrons. The zero-order valence-corrected chi connectivity index (χ0v) is 14.8. The van der Waals surface area contributed by atoms with Crippen LogP contribution in [-0.2, 0) is 11.3 Å². The molecule has 0 aliphatic carbocycles. The molecule has 130 valence electrons. The van der Waals surface area contributed by atoms with E-state index in [2.05, 4.69) is 53.2 Å². The predicted molar refractivity (Wildman–Crippen MR) is 98.5 cm³/mol. The van der Waals surface area contributed by atoms with E-state index in [9.17, 15) is 0 Å². The number of aromatic nitrogens is 1. The van der Waals surface area contributed by atoms with Gasteiger partial charge in [-0.1, -0.05) is 36.4 Å². The molecule has 3 heterocycles. The summed E-state index contributed by atoms with van der Waals surface area (Å²) in [6, 6.07) is 13.4. The summed E-state index contributed by atoms with van der Waals surface area (Å²) in [4.78, 5) is 6.98. The van der Waals surface area contributed by atoms with Gasteiger partial charge in [-0.15, -0.1) is 0 Å². The van der Waals surface area contributed by atoms with Crippen molar-refractivity contribution in [3.8, 4) is 5.88 Å². The average molecular weight is 336 g/mol. The zero-order chi connectivity index (χ0) is 17.2. The number of fused-ring (bicyclic) bond motifs is 2. The Labute approximate surface area is 149 Å². The molecule has 2 atom stereocenters. The van der Waals surface area contributed by atoms with Crippen LogP contribution in [0, 0.1) is 6.92 Å². The first kappa shape index (κ1) is 16.3. The summed E-state index contributed by atoms with van der Waals surface area (Å²) in [7, 11) is 1.66. The normalized spacial score (nSPS) is 23.2. The summed E-state index contributed by atoms with van der Waals surface area (Å²) in [5, 5.41) is 0. The monoisotopic (exact) mass is 336 g/mol. The Morgan fingerprint density at radius 3 is 2.80 bits per heavy atom. The van der Waals surface area contributed by atoms with Gasteiger partial charge in [0.2, 0.25) is 5.88 Å². The van der Waals surface area contributed by atoms with Crippen LogP contribution in [0.2, 0.25) is 0 Å². The van der Waals surface area contributed by atoms with Crippen LogP contribution in [0.25, 0.3) is 5.57 Å². The van der Waals surface area contributed by atoms with Crippen molar-refractivity contribution in [3.05, 3.63) is 65.4 Å². The van der Waals surface area contributed by atoms with Crippen LogP contribution in [0.15, 0.2) is 48.7 Å². The molecule has 1 fully saturated rings. The Morgan fingerprint density at radius 1 is 1.24 bits per heavy atom. The third-order valence-electron chi connectivity index (χ3n) is 5.19. The number of rotatable bonds is 4. The second kappa shape index (κ2) is 6.98. The van der Waals surface area contributed by atoms with Gasteiger partial charge in [0.25, 0.3) is 0 Å². The quantitative estimate of drug-likeness (QED) is 0.856. The molecular weight excluding hydrogens is 312 g/mol. The van der Waals surface area contributed by atoms with Crippen molar-refractivity contribution in [2.45, 2.75) is 32.0 Å². The van der Waals surface area contributed by atoms with Gasteiger partial charge in [-0.2, -0.15) is 0 Å². The molecule has 25 heavy (non-hydrogen) atoms. The smallest absolute Gasteiger partial charge is 0.213 e. The predicted octanol–water partition coefficient (Wildman–Crippen LogP) is 3.46. The van der Waals surface area contributed by atoms with E-state index in [0.29, 0.717) is 18.0 Å². The number of aryl methyl sites for hydroxylation is 1. The maximum Gasteiger partial charge on any atom is 0.213 e. The fourth-order valence-electron chi connectivity index (χ4n) is 3.88. The molecular formula is C21H24N2O2. The van der Waals surface area contributed by atoms with Gasteiger partial charge in [-0.3, -0.25) is 4.90 Å². The lowest BCUT2D eigenvalue weighted by Crippen LogP contribution is -2.53. The molecule has 2 aromatic rings. The molecule has 0 N–H and O–H groups in total. The second-order valence-corrected chi connectivity index (χ2v) is 6.85. The minimum atomic E-state index is 0.323. The van der Waals surface area contributed by atoms with Gasteiger partial charge in [0.1, 0.15) is 0 Å². The van der Waals surface area contributed by atoms with Crippen LogP contribution in [0.4, 0.5) is 0 Å². The van der Waals surface area contributed by atoms with Crippen LogP contribution in [-0.4, -0.2) is 42.3 Å². The van der Waals surface area contributed by atoms with Crippen LogP contribution in [0.1, 0.15) is 23.1 Å². The standard InChI is InChI=1S/C21H24N2O2/c1-15-8-21(24-2)22-11-20(15)17-9-18-13-25-14-19(10-17)23(18)12-16-6-4-3-5-7-16/h3-9,11,18-19H,10,12-14H2,1-2H3. The molecule has 4 heteroatoms. The topological polar surface area (TPSA) is 34.6 Å². The summed E-state index contributed by atoms with van der Waals surface area (Å²) < 4.78 is 11.1. The minimum absolute atomic E-state index is 0.323. The number of nitrogens with zero attached hydrogens (tertiary/aromatic N) is 2. The maximum atomic E-state index is 5.83. The lowest BCUT2D eigenvalue weighted by atomic mass is 9.88. The molecule has 4 nitrogen and oxygen atoms in total. The summed E-state index contributed by atoms with van der Waals surface area (Å²) in [6.07, 6.45) is 5.32. The van der Waals surface area contributed by atoms with E-state index in [1.807, 2.05) is 12.3 Å². The highest BCUT2D eigenvalue weighted by molar-refractivity contribution is 5.70. The Hall–Kier alpha value is -2.17. The Balaban J connectivity index is 1.61. The fraction of sp³-hybridized carbons (Fsp3) is 0.381. The first-order chi connectivity index (χ1) is 12.2. The van der Waals surface area contributed by atoms with Gasteiger partial charge in [0, 0.05) is 24.8 Å². The Bertz CT molecular complexity index is 773. The summed E-state index contributed by atoms with van der Waals surface area (Å²) >= 11 is 0. The van der Waals surface area contributed by atoms with Gasteiger partial charge in [0.05, 0.1) is 26.4 Å². The Kier molecular flexibility index (Phi) is 4.55. The zero-order valence-electron chi connectivity index (χ0n) is 14.8. The highest BCUT2D eigenvalue weighted by atomic mass is 16.5. The van der Waals surface area contributed by atoms with E-state index >= 15 is 0 Å². The summed E-state index contributed by atoms with van der Waals surface area (Å²) in [5.74, 6) is 0.673. The van der Waals surface area contributed by atoms with Gasteiger partial charge in [-0.25, -0.2) is 4.98 Å². The van der Waals surface area contributed by atoms with Gasteiger partial charge >= 0.3 is 0 Å². The maximum absolute atomic E-state index is 5.83. The molecule has 2 aliphatic heterocycles. The third-order valence-corrected chi connectivity index (χ3v) is 5.19. The molecule has 4 rings (SSSR count). The lowest BCUT2D eigenvalue weighted by molar-refractivity contribution is -0.0402. The van der Waals surface area contributed by atoms with E-state index in [1.165, 1.54) is 22.3 Å². The largest absolute Gasteiger partial charge is 0.481 e. The van der Waals surface area contributed by atoms with Gasteiger partial charge in [0.15, 0.2) is 0 Å². The molecule has 1 aromatic carbocycles. The highest BCUT2D eigenvalue weighted by Gasteiger charge is 2.35. The van der Waals surface area contributed by atoms with E-state index in [-0.39, 0.29) is 0 Å². The molecule has 0 spiro atoms. The van der Waals surface area contributed by atoms with E-state index in [1.54, 1.807) is 7.11 Å². The van der Waals surface area contributed by atoms with Crippen LogP contribution < -0.4 is 4.74 Å². The van der Waals surface area contributed by atoms with E-state index in [0.717, 1.165) is 26.2 Å². The van der Waals surface area contributed by atoms with Gasteiger partial charge in [-0.05, 0) is 35.6 Å². The molecule has 1 saturated heterocycles. The van der Waals surface area contributed by atoms with Crippen molar-refractivity contribution >= 4 is 5.57 Å². The number of pyridine rings is 1. The molecule has 2 aliphatic rings. The average Bonchev–Trinajstić information content (AvgIpc) is 2.62. The number of hydrogen-bond acceptors (Lipinski definition) is 4. The van der Waals surface area contributed by atoms with Gasteiger partial charge < -0.3 is 9.47 Å². The number of methoxy groups -OCH3 is 1. The Morgan fingerprint density at radius 2 is 2.08 bits per heavy atom. The summed E-state index contributed by atoms with van der Waals surface area (Å²) in [6.45, 7) is 4.66. The van der Waals surface area contributed by atoms with Crippen LogP contribution in [0.3, 0.4) is 0 Å². The molecule has 2 unspecified atom stereocenters. The first-order valence-electron chi connectivity index (χ1n) is 8.83.